The predicted octanol–water partition coefficient (Wildman–Crippen LogP) is 7.42. The molecule has 0 aliphatic heterocycles. The SMILES string of the molecule is Oc1ccc2ccccc2c1.c1ccc2c(c1)ccc1c3c(ccc12)CCCC3. The van der Waals surface area contributed by atoms with Crippen molar-refractivity contribution in [3.63, 3.8) is 0 Å². The lowest BCUT2D eigenvalue weighted by atomic mass is 9.86. The first-order valence-electron chi connectivity index (χ1n) is 10.4. The maximum atomic E-state index is 9.13. The molecule has 0 bridgehead atoms. The van der Waals surface area contributed by atoms with Crippen molar-refractivity contribution in [1.29, 1.82) is 0 Å². The van der Waals surface area contributed by atoms with Gasteiger partial charge in [0.15, 0.2) is 0 Å². The maximum Gasteiger partial charge on any atom is 0.116 e. The minimum atomic E-state index is 0.323. The van der Waals surface area contributed by atoms with E-state index in [1.807, 2.05) is 30.3 Å². The van der Waals surface area contributed by atoms with Gasteiger partial charge >= 0.3 is 0 Å². The second kappa shape index (κ2) is 7.60. The number of benzene rings is 5. The van der Waals surface area contributed by atoms with Gasteiger partial charge in [-0.3, -0.25) is 0 Å². The van der Waals surface area contributed by atoms with Gasteiger partial charge in [0.1, 0.15) is 5.75 Å². The van der Waals surface area contributed by atoms with Crippen LogP contribution in [0.3, 0.4) is 0 Å². The molecule has 0 radical (unpaired) electrons. The summed E-state index contributed by atoms with van der Waals surface area (Å²) in [5, 5.41) is 17.0. The second-order valence-electron chi connectivity index (χ2n) is 7.82. The smallest absolute Gasteiger partial charge is 0.116 e. The quantitative estimate of drug-likeness (QED) is 0.279. The molecule has 29 heavy (non-hydrogen) atoms. The van der Waals surface area contributed by atoms with Crippen molar-refractivity contribution in [2.75, 3.05) is 0 Å². The topological polar surface area (TPSA) is 20.2 Å². The van der Waals surface area contributed by atoms with Crippen LogP contribution in [0.25, 0.3) is 32.3 Å². The summed E-state index contributed by atoms with van der Waals surface area (Å²) in [5.74, 6) is 0.323. The van der Waals surface area contributed by atoms with Gasteiger partial charge in [-0.1, -0.05) is 78.9 Å². The van der Waals surface area contributed by atoms with Crippen molar-refractivity contribution in [1.82, 2.24) is 0 Å². The Bertz CT molecular complexity index is 1320. The summed E-state index contributed by atoms with van der Waals surface area (Å²) in [6, 6.07) is 31.3. The van der Waals surface area contributed by atoms with Crippen LogP contribution < -0.4 is 0 Å². The van der Waals surface area contributed by atoms with E-state index >= 15 is 0 Å². The van der Waals surface area contributed by atoms with Crippen molar-refractivity contribution in [3.05, 3.63) is 102 Å². The van der Waals surface area contributed by atoms with E-state index in [9.17, 15) is 0 Å². The third-order valence-corrected chi connectivity index (χ3v) is 5.99. The molecule has 5 aromatic rings. The average molecular weight is 376 g/mol. The molecule has 0 saturated heterocycles. The molecule has 6 rings (SSSR count). The van der Waals surface area contributed by atoms with Gasteiger partial charge in [-0.15, -0.1) is 0 Å². The zero-order valence-corrected chi connectivity index (χ0v) is 16.4. The minimum Gasteiger partial charge on any atom is -0.508 e. The highest BCUT2D eigenvalue weighted by Gasteiger charge is 2.13. The largest absolute Gasteiger partial charge is 0.508 e. The number of phenols is 1. The standard InChI is InChI=1S/C18H16.C10H8O/c1-3-7-15-13(5-1)9-11-18-16-8-4-2-6-14(16)10-12-17(15)18;11-10-6-5-8-3-1-2-4-9(8)7-10/h1,3,5,7,9-12H,2,4,6,8H2;1-7,11H. The number of phenolic OH excluding ortho intramolecular Hbond substituents is 1. The summed E-state index contributed by atoms with van der Waals surface area (Å²) in [4.78, 5) is 0. The number of hydrogen-bond donors (Lipinski definition) is 1. The molecule has 0 atom stereocenters. The van der Waals surface area contributed by atoms with Gasteiger partial charge < -0.3 is 5.11 Å². The Hall–Kier alpha value is -3.32. The molecule has 1 nitrogen and oxygen atoms in total. The van der Waals surface area contributed by atoms with E-state index in [2.05, 4.69) is 48.5 Å². The molecule has 1 aliphatic carbocycles. The molecule has 0 heterocycles. The molecule has 1 heteroatoms. The Kier molecular flexibility index (Phi) is 4.65. The molecule has 0 amide bonds. The van der Waals surface area contributed by atoms with Crippen LogP contribution in [0.1, 0.15) is 24.0 Å². The molecular weight excluding hydrogens is 352 g/mol. The van der Waals surface area contributed by atoms with Crippen LogP contribution in [0, 0.1) is 0 Å². The highest BCUT2D eigenvalue weighted by atomic mass is 16.3. The lowest BCUT2D eigenvalue weighted by Crippen LogP contribution is -2.02. The summed E-state index contributed by atoms with van der Waals surface area (Å²) in [5.41, 5.74) is 3.17. The van der Waals surface area contributed by atoms with Crippen molar-refractivity contribution < 1.29 is 5.11 Å². The number of rotatable bonds is 0. The van der Waals surface area contributed by atoms with Crippen LogP contribution in [0.15, 0.2) is 91.0 Å². The van der Waals surface area contributed by atoms with Crippen molar-refractivity contribution in [2.45, 2.75) is 25.7 Å². The molecule has 142 valence electrons. The van der Waals surface area contributed by atoms with Gasteiger partial charge in [-0.25, -0.2) is 0 Å². The number of aromatic hydroxyl groups is 1. The van der Waals surface area contributed by atoms with E-state index in [4.69, 9.17) is 5.11 Å². The van der Waals surface area contributed by atoms with Gasteiger partial charge in [0, 0.05) is 0 Å². The van der Waals surface area contributed by atoms with Crippen LogP contribution in [0.2, 0.25) is 0 Å². The van der Waals surface area contributed by atoms with Crippen LogP contribution in [-0.4, -0.2) is 5.11 Å². The first kappa shape index (κ1) is 17.8. The number of fused-ring (bicyclic) bond motifs is 6. The van der Waals surface area contributed by atoms with E-state index in [1.165, 1.54) is 47.2 Å². The molecule has 5 aromatic carbocycles. The van der Waals surface area contributed by atoms with E-state index < -0.39 is 0 Å². The normalized spacial score (nSPS) is 13.1. The fourth-order valence-corrected chi connectivity index (χ4v) is 4.52. The maximum absolute atomic E-state index is 9.13. The van der Waals surface area contributed by atoms with Crippen molar-refractivity contribution in [3.8, 4) is 5.75 Å². The molecule has 1 aliphatic rings. The summed E-state index contributed by atoms with van der Waals surface area (Å²) in [6.07, 6.45) is 5.22. The number of aryl methyl sites for hydroxylation is 2. The Morgan fingerprint density at radius 1 is 0.517 bits per heavy atom. The number of hydrogen-bond acceptors (Lipinski definition) is 1. The lowest BCUT2D eigenvalue weighted by molar-refractivity contribution is 0.476. The molecule has 0 saturated carbocycles. The zero-order valence-electron chi connectivity index (χ0n) is 16.4. The Labute approximate surface area is 171 Å². The Morgan fingerprint density at radius 3 is 2.10 bits per heavy atom. The third kappa shape index (κ3) is 3.45. The van der Waals surface area contributed by atoms with Crippen molar-refractivity contribution in [2.24, 2.45) is 0 Å². The van der Waals surface area contributed by atoms with E-state index in [0.29, 0.717) is 5.75 Å². The molecule has 0 unspecified atom stereocenters. The lowest BCUT2D eigenvalue weighted by Gasteiger charge is -2.18. The van der Waals surface area contributed by atoms with Gasteiger partial charge in [0.05, 0.1) is 0 Å². The fraction of sp³-hybridized carbons (Fsp3) is 0.143. The zero-order chi connectivity index (χ0) is 19.6. The Morgan fingerprint density at radius 2 is 1.21 bits per heavy atom. The monoisotopic (exact) mass is 376 g/mol. The van der Waals surface area contributed by atoms with Gasteiger partial charge in [0.2, 0.25) is 0 Å². The fourth-order valence-electron chi connectivity index (χ4n) is 4.52. The van der Waals surface area contributed by atoms with Gasteiger partial charge in [-0.05, 0) is 81.3 Å². The summed E-state index contributed by atoms with van der Waals surface area (Å²) in [6.45, 7) is 0. The first-order valence-corrected chi connectivity index (χ1v) is 10.4. The third-order valence-electron chi connectivity index (χ3n) is 5.99. The summed E-state index contributed by atoms with van der Waals surface area (Å²) < 4.78 is 0. The molecule has 0 aromatic heterocycles. The molecule has 0 spiro atoms. The van der Waals surface area contributed by atoms with Gasteiger partial charge in [-0.2, -0.15) is 0 Å². The first-order chi connectivity index (χ1) is 14.3. The highest BCUT2D eigenvalue weighted by Crippen LogP contribution is 2.33. The highest BCUT2D eigenvalue weighted by molar-refractivity contribution is 6.08. The average Bonchev–Trinajstić information content (AvgIpc) is 2.79. The molecular formula is C28H24O. The van der Waals surface area contributed by atoms with Crippen LogP contribution in [-0.2, 0) is 12.8 Å². The van der Waals surface area contributed by atoms with E-state index in [0.717, 1.165) is 10.8 Å². The van der Waals surface area contributed by atoms with Crippen LogP contribution in [0.4, 0.5) is 0 Å². The van der Waals surface area contributed by atoms with E-state index in [-0.39, 0.29) is 0 Å². The van der Waals surface area contributed by atoms with E-state index in [1.54, 1.807) is 23.3 Å². The van der Waals surface area contributed by atoms with Crippen molar-refractivity contribution >= 4 is 32.3 Å². The Balaban J connectivity index is 0.000000142. The summed E-state index contributed by atoms with van der Waals surface area (Å²) in [7, 11) is 0. The summed E-state index contributed by atoms with van der Waals surface area (Å²) >= 11 is 0. The molecule has 1 N–H and O–H groups in total. The predicted molar refractivity (Wildman–Crippen MR) is 124 cm³/mol. The minimum absolute atomic E-state index is 0.323. The van der Waals surface area contributed by atoms with Crippen LogP contribution in [0.5, 0.6) is 5.75 Å². The molecule has 0 fully saturated rings. The van der Waals surface area contributed by atoms with Crippen LogP contribution >= 0.6 is 0 Å². The van der Waals surface area contributed by atoms with Gasteiger partial charge in [0.25, 0.3) is 0 Å². The second-order valence-corrected chi connectivity index (χ2v) is 7.82.